The standard InChI is InChI=1S/C17H17ClO/c1-17(2,18)16(19)15-10-8-14(9-11-15)12-13-6-4-3-5-7-13/h3-11H,12H2,1-2H3. The molecule has 0 saturated carbocycles. The van der Waals surface area contributed by atoms with Gasteiger partial charge in [0, 0.05) is 5.56 Å². The molecule has 2 rings (SSSR count). The van der Waals surface area contributed by atoms with Crippen LogP contribution in [0, 0.1) is 0 Å². The summed E-state index contributed by atoms with van der Waals surface area (Å²) in [6.45, 7) is 3.43. The Morgan fingerprint density at radius 3 is 2.00 bits per heavy atom. The molecule has 0 spiro atoms. The van der Waals surface area contributed by atoms with Crippen molar-refractivity contribution in [3.05, 3.63) is 71.3 Å². The van der Waals surface area contributed by atoms with Crippen LogP contribution in [0.25, 0.3) is 0 Å². The number of hydrogen-bond donors (Lipinski definition) is 0. The van der Waals surface area contributed by atoms with E-state index in [4.69, 9.17) is 11.6 Å². The van der Waals surface area contributed by atoms with Crippen molar-refractivity contribution in [3.8, 4) is 0 Å². The summed E-state index contributed by atoms with van der Waals surface area (Å²) in [5.74, 6) is -0.0413. The maximum Gasteiger partial charge on any atom is 0.183 e. The first-order chi connectivity index (χ1) is 8.97. The van der Waals surface area contributed by atoms with E-state index in [0.29, 0.717) is 5.56 Å². The molecule has 0 amide bonds. The van der Waals surface area contributed by atoms with Gasteiger partial charge in [-0.15, -0.1) is 11.6 Å². The summed E-state index contributed by atoms with van der Waals surface area (Å²) in [6.07, 6.45) is 0.875. The number of rotatable bonds is 4. The van der Waals surface area contributed by atoms with Gasteiger partial charge in [0.15, 0.2) is 5.78 Å². The Bertz CT molecular complexity index is 550. The van der Waals surface area contributed by atoms with Crippen molar-refractivity contribution in [2.75, 3.05) is 0 Å². The molecule has 2 aromatic carbocycles. The monoisotopic (exact) mass is 272 g/mol. The van der Waals surface area contributed by atoms with E-state index in [-0.39, 0.29) is 5.78 Å². The van der Waals surface area contributed by atoms with Crippen LogP contribution in [0.3, 0.4) is 0 Å². The summed E-state index contributed by atoms with van der Waals surface area (Å²) < 4.78 is 0. The van der Waals surface area contributed by atoms with Crippen LogP contribution < -0.4 is 0 Å². The molecule has 0 bridgehead atoms. The zero-order chi connectivity index (χ0) is 13.9. The average molecular weight is 273 g/mol. The van der Waals surface area contributed by atoms with Gasteiger partial charge in [-0.2, -0.15) is 0 Å². The number of ketones is 1. The molecule has 0 N–H and O–H groups in total. The van der Waals surface area contributed by atoms with Crippen molar-refractivity contribution < 1.29 is 4.79 Å². The first kappa shape index (κ1) is 13.8. The third-order valence-electron chi connectivity index (χ3n) is 3.01. The van der Waals surface area contributed by atoms with E-state index in [9.17, 15) is 4.79 Å². The van der Waals surface area contributed by atoms with Crippen molar-refractivity contribution >= 4 is 17.4 Å². The van der Waals surface area contributed by atoms with Gasteiger partial charge in [0.1, 0.15) is 4.87 Å². The molecule has 0 atom stereocenters. The van der Waals surface area contributed by atoms with E-state index < -0.39 is 4.87 Å². The number of Topliss-reactive ketones (excluding diaryl/α,β-unsaturated/α-hetero) is 1. The quantitative estimate of drug-likeness (QED) is 0.592. The number of carbonyl (C=O) groups excluding carboxylic acids is 1. The molecule has 0 radical (unpaired) electrons. The molecule has 0 fully saturated rings. The van der Waals surface area contributed by atoms with Crippen molar-refractivity contribution in [3.63, 3.8) is 0 Å². The number of alkyl halides is 1. The highest BCUT2D eigenvalue weighted by Gasteiger charge is 2.25. The Hall–Kier alpha value is -1.60. The molecular formula is C17H17ClO. The van der Waals surface area contributed by atoms with Crippen molar-refractivity contribution in [1.29, 1.82) is 0 Å². The third-order valence-corrected chi connectivity index (χ3v) is 3.18. The molecule has 0 unspecified atom stereocenters. The Kier molecular flexibility index (Phi) is 4.06. The van der Waals surface area contributed by atoms with E-state index in [0.717, 1.165) is 6.42 Å². The van der Waals surface area contributed by atoms with Crippen LogP contribution >= 0.6 is 11.6 Å². The molecule has 0 aliphatic carbocycles. The van der Waals surface area contributed by atoms with E-state index in [1.165, 1.54) is 11.1 Å². The van der Waals surface area contributed by atoms with Gasteiger partial charge in [-0.3, -0.25) is 4.79 Å². The van der Waals surface area contributed by atoms with Crippen LogP contribution in [0.4, 0.5) is 0 Å². The van der Waals surface area contributed by atoms with Gasteiger partial charge >= 0.3 is 0 Å². The Balaban J connectivity index is 2.13. The largest absolute Gasteiger partial charge is 0.292 e. The smallest absolute Gasteiger partial charge is 0.183 e. The number of halogens is 1. The van der Waals surface area contributed by atoms with Gasteiger partial charge in [-0.1, -0.05) is 54.6 Å². The lowest BCUT2D eigenvalue weighted by molar-refractivity contribution is 0.0954. The second kappa shape index (κ2) is 5.58. The summed E-state index contributed by atoms with van der Waals surface area (Å²) in [6, 6.07) is 17.9. The minimum absolute atomic E-state index is 0.0413. The molecule has 0 aromatic heterocycles. The predicted molar refractivity (Wildman–Crippen MR) is 80.0 cm³/mol. The molecule has 98 valence electrons. The van der Waals surface area contributed by atoms with Crippen LogP contribution in [0.15, 0.2) is 54.6 Å². The number of hydrogen-bond acceptors (Lipinski definition) is 1. The van der Waals surface area contributed by atoms with E-state index >= 15 is 0 Å². The van der Waals surface area contributed by atoms with Crippen LogP contribution in [-0.4, -0.2) is 10.7 Å². The molecule has 0 saturated heterocycles. The highest BCUT2D eigenvalue weighted by Crippen LogP contribution is 2.20. The van der Waals surface area contributed by atoms with Crippen molar-refractivity contribution in [2.24, 2.45) is 0 Å². The minimum atomic E-state index is -0.846. The second-order valence-electron chi connectivity index (χ2n) is 5.16. The highest BCUT2D eigenvalue weighted by atomic mass is 35.5. The lowest BCUT2D eigenvalue weighted by Crippen LogP contribution is -2.24. The summed E-state index contributed by atoms with van der Waals surface area (Å²) in [7, 11) is 0. The molecule has 0 aliphatic rings. The topological polar surface area (TPSA) is 17.1 Å². The molecule has 1 nitrogen and oxygen atoms in total. The Labute approximate surface area is 119 Å². The van der Waals surface area contributed by atoms with Crippen LogP contribution in [-0.2, 0) is 6.42 Å². The minimum Gasteiger partial charge on any atom is -0.292 e. The molecule has 19 heavy (non-hydrogen) atoms. The second-order valence-corrected chi connectivity index (χ2v) is 6.11. The summed E-state index contributed by atoms with van der Waals surface area (Å²) in [5.41, 5.74) is 3.12. The number of benzene rings is 2. The van der Waals surface area contributed by atoms with Gasteiger partial charge in [-0.25, -0.2) is 0 Å². The maximum absolute atomic E-state index is 12.0. The lowest BCUT2D eigenvalue weighted by atomic mass is 9.97. The molecule has 0 aliphatic heterocycles. The van der Waals surface area contributed by atoms with Crippen molar-refractivity contribution in [1.82, 2.24) is 0 Å². The number of carbonyl (C=O) groups is 1. The zero-order valence-corrected chi connectivity index (χ0v) is 11.9. The van der Waals surface area contributed by atoms with Gasteiger partial charge < -0.3 is 0 Å². The van der Waals surface area contributed by atoms with E-state index in [1.54, 1.807) is 13.8 Å². The van der Waals surface area contributed by atoms with E-state index in [2.05, 4.69) is 12.1 Å². The first-order valence-electron chi connectivity index (χ1n) is 6.33. The molecular weight excluding hydrogens is 256 g/mol. The fraction of sp³-hybridized carbons (Fsp3) is 0.235. The van der Waals surface area contributed by atoms with Crippen LogP contribution in [0.2, 0.25) is 0 Å². The van der Waals surface area contributed by atoms with Gasteiger partial charge in [0.2, 0.25) is 0 Å². The van der Waals surface area contributed by atoms with Gasteiger partial charge in [0.25, 0.3) is 0 Å². The van der Waals surface area contributed by atoms with Crippen LogP contribution in [0.5, 0.6) is 0 Å². The summed E-state index contributed by atoms with van der Waals surface area (Å²) >= 11 is 6.04. The van der Waals surface area contributed by atoms with Gasteiger partial charge in [-0.05, 0) is 31.4 Å². The lowest BCUT2D eigenvalue weighted by Gasteiger charge is -2.14. The Morgan fingerprint density at radius 1 is 0.947 bits per heavy atom. The molecule has 2 aromatic rings. The van der Waals surface area contributed by atoms with E-state index in [1.807, 2.05) is 42.5 Å². The third kappa shape index (κ3) is 3.68. The molecule has 2 heteroatoms. The average Bonchev–Trinajstić information content (AvgIpc) is 2.39. The zero-order valence-electron chi connectivity index (χ0n) is 11.2. The highest BCUT2D eigenvalue weighted by molar-refractivity contribution is 6.37. The SMILES string of the molecule is CC(C)(Cl)C(=O)c1ccc(Cc2ccccc2)cc1. The summed E-state index contributed by atoms with van der Waals surface area (Å²) in [5, 5.41) is 0. The van der Waals surface area contributed by atoms with Crippen LogP contribution in [0.1, 0.15) is 35.3 Å². The predicted octanol–water partition coefficient (Wildman–Crippen LogP) is 4.48. The first-order valence-corrected chi connectivity index (χ1v) is 6.71. The maximum atomic E-state index is 12.0. The normalized spacial score (nSPS) is 11.3. The summed E-state index contributed by atoms with van der Waals surface area (Å²) in [4.78, 5) is 11.2. The Morgan fingerprint density at radius 2 is 1.47 bits per heavy atom. The fourth-order valence-electron chi connectivity index (χ4n) is 1.95. The van der Waals surface area contributed by atoms with Crippen molar-refractivity contribution in [2.45, 2.75) is 25.1 Å². The fourth-order valence-corrected chi connectivity index (χ4v) is 2.06. The van der Waals surface area contributed by atoms with Gasteiger partial charge in [0.05, 0.1) is 0 Å². The molecule has 0 heterocycles.